The van der Waals surface area contributed by atoms with Crippen LogP contribution in [0.25, 0.3) is 4.85 Å². The van der Waals surface area contributed by atoms with E-state index in [1.807, 2.05) is 18.2 Å². The highest BCUT2D eigenvalue weighted by atomic mass is 16.5. The Bertz CT molecular complexity index is 352. The number of hydrogen-bond acceptors (Lipinski definition) is 1. The number of ether oxygens (including phenoxy) is 1. The Morgan fingerprint density at radius 1 is 1.50 bits per heavy atom. The molecule has 74 valence electrons. The van der Waals surface area contributed by atoms with Crippen LogP contribution in [0.15, 0.2) is 18.2 Å². The zero-order chi connectivity index (χ0) is 10.6. The van der Waals surface area contributed by atoms with Gasteiger partial charge in [0.25, 0.3) is 6.57 Å². The van der Waals surface area contributed by atoms with Crippen LogP contribution in [-0.2, 0) is 0 Å². The lowest BCUT2D eigenvalue weighted by Crippen LogP contribution is -1.95. The molecule has 2 heteroatoms. The molecule has 1 aromatic rings. The Kier molecular flexibility index (Phi) is 3.53. The molecule has 0 aliphatic heterocycles. The Balaban J connectivity index is 3.16. The summed E-state index contributed by atoms with van der Waals surface area (Å²) in [5, 5.41) is 0. The molecule has 1 rings (SSSR count). The van der Waals surface area contributed by atoms with Crippen LogP contribution >= 0.6 is 0 Å². The summed E-state index contributed by atoms with van der Waals surface area (Å²) >= 11 is 0. The molecule has 0 fully saturated rings. The average Bonchev–Trinajstić information content (AvgIpc) is 2.27. The first-order chi connectivity index (χ1) is 6.72. The molecule has 0 heterocycles. The molecule has 0 saturated heterocycles. The van der Waals surface area contributed by atoms with E-state index in [-0.39, 0.29) is 0 Å². The van der Waals surface area contributed by atoms with Crippen LogP contribution in [0.5, 0.6) is 5.75 Å². The molecule has 1 atom stereocenters. The van der Waals surface area contributed by atoms with E-state index < -0.39 is 0 Å². The number of hydrogen-bond donors (Lipinski definition) is 0. The molecule has 1 aromatic carbocycles. The van der Waals surface area contributed by atoms with Gasteiger partial charge in [-0.25, -0.2) is 0 Å². The van der Waals surface area contributed by atoms with E-state index in [1.165, 1.54) is 5.56 Å². The second-order valence-electron chi connectivity index (χ2n) is 3.36. The van der Waals surface area contributed by atoms with E-state index in [4.69, 9.17) is 11.3 Å². The van der Waals surface area contributed by atoms with Crippen molar-refractivity contribution in [3.05, 3.63) is 28.6 Å². The lowest BCUT2D eigenvalue weighted by Gasteiger charge is -2.12. The van der Waals surface area contributed by atoms with E-state index in [0.717, 1.165) is 17.9 Å². The number of methoxy groups -OCH3 is 1. The number of rotatable bonds is 3. The maximum atomic E-state index is 5.29. The molecule has 0 aliphatic carbocycles. The summed E-state index contributed by atoms with van der Waals surface area (Å²) in [6.45, 7) is 9.55. The Hall–Kier alpha value is -1.49. The molecule has 0 radical (unpaired) electrons. The summed E-state index contributed by atoms with van der Waals surface area (Å²) in [6, 6.07) is 5.74. The van der Waals surface area contributed by atoms with Gasteiger partial charge in [0, 0.05) is 17.7 Å². The van der Waals surface area contributed by atoms with Gasteiger partial charge in [0.2, 0.25) is 0 Å². The molecule has 2 nitrogen and oxygen atoms in total. The summed E-state index contributed by atoms with van der Waals surface area (Å²) in [5.41, 5.74) is 1.96. The normalized spacial score (nSPS) is 11.9. The minimum absolute atomic E-state index is 0.464. The second-order valence-corrected chi connectivity index (χ2v) is 3.36. The first-order valence-corrected chi connectivity index (χ1v) is 4.81. The maximum absolute atomic E-state index is 5.29. The fourth-order valence-corrected chi connectivity index (χ4v) is 1.41. The SMILES string of the molecule is C#[N+]c1ccc(OC)c(C(C)CC)c1. The fraction of sp³-hybridized carbons (Fsp3) is 0.417. The standard InChI is InChI=1S/C12H16NO/c1-5-9(2)11-8-10(13-3)6-7-12(11)14-4/h3,6-9H,5H2,1-2,4H3/q+1. The van der Waals surface area contributed by atoms with Crippen molar-refractivity contribution in [2.75, 3.05) is 7.11 Å². The molecule has 14 heavy (non-hydrogen) atoms. The van der Waals surface area contributed by atoms with Gasteiger partial charge in [-0.2, -0.15) is 0 Å². The molecule has 0 N–H and O–H groups in total. The molecule has 0 aliphatic rings. The molecule has 0 amide bonds. The zero-order valence-corrected chi connectivity index (χ0v) is 8.95. The van der Waals surface area contributed by atoms with Crippen LogP contribution in [0, 0.1) is 6.57 Å². The first-order valence-electron chi connectivity index (χ1n) is 4.81. The average molecular weight is 190 g/mol. The largest absolute Gasteiger partial charge is 0.496 e. The van der Waals surface area contributed by atoms with Gasteiger partial charge >= 0.3 is 5.69 Å². The Labute approximate surface area is 85.3 Å². The van der Waals surface area contributed by atoms with Crippen molar-refractivity contribution in [2.24, 2.45) is 0 Å². The van der Waals surface area contributed by atoms with Crippen molar-refractivity contribution in [2.45, 2.75) is 26.2 Å². The smallest absolute Gasteiger partial charge is 0.340 e. The zero-order valence-electron chi connectivity index (χ0n) is 8.95. The van der Waals surface area contributed by atoms with Crippen molar-refractivity contribution in [3.8, 4) is 12.3 Å². The highest BCUT2D eigenvalue weighted by Crippen LogP contribution is 2.31. The first kappa shape index (κ1) is 10.6. The molecule has 0 aromatic heterocycles. The third-order valence-corrected chi connectivity index (χ3v) is 2.51. The summed E-state index contributed by atoms with van der Waals surface area (Å²) in [6.07, 6.45) is 1.07. The molecule has 0 bridgehead atoms. The molecular formula is C12H16NO+. The second kappa shape index (κ2) is 4.66. The lowest BCUT2D eigenvalue weighted by molar-refractivity contribution is 0.406. The van der Waals surface area contributed by atoms with Gasteiger partial charge in [-0.05, 0) is 23.3 Å². The van der Waals surface area contributed by atoms with Crippen molar-refractivity contribution in [3.63, 3.8) is 0 Å². The van der Waals surface area contributed by atoms with E-state index in [0.29, 0.717) is 5.92 Å². The maximum Gasteiger partial charge on any atom is 0.340 e. The minimum atomic E-state index is 0.464. The van der Waals surface area contributed by atoms with Crippen LogP contribution in [0.2, 0.25) is 0 Å². The van der Waals surface area contributed by atoms with Crippen LogP contribution < -0.4 is 4.74 Å². The van der Waals surface area contributed by atoms with Crippen LogP contribution in [0.1, 0.15) is 31.7 Å². The monoisotopic (exact) mass is 190 g/mol. The summed E-state index contributed by atoms with van der Waals surface area (Å²) < 4.78 is 5.29. The Morgan fingerprint density at radius 2 is 2.21 bits per heavy atom. The van der Waals surface area contributed by atoms with Gasteiger partial charge in [-0.3, -0.25) is 0 Å². The Morgan fingerprint density at radius 3 is 2.71 bits per heavy atom. The van der Waals surface area contributed by atoms with Gasteiger partial charge in [0.1, 0.15) is 5.75 Å². The van der Waals surface area contributed by atoms with E-state index in [1.54, 1.807) is 7.11 Å². The number of nitrogens with zero attached hydrogens (tertiary/aromatic N) is 1. The van der Waals surface area contributed by atoms with E-state index >= 15 is 0 Å². The third kappa shape index (κ3) is 2.05. The third-order valence-electron chi connectivity index (χ3n) is 2.51. The van der Waals surface area contributed by atoms with Gasteiger partial charge in [-0.1, -0.05) is 13.8 Å². The topological polar surface area (TPSA) is 13.6 Å². The summed E-state index contributed by atoms with van der Waals surface area (Å²) in [4.78, 5) is 3.67. The van der Waals surface area contributed by atoms with Gasteiger partial charge < -0.3 is 4.74 Å². The van der Waals surface area contributed by atoms with Gasteiger partial charge in [0.05, 0.1) is 7.11 Å². The summed E-state index contributed by atoms with van der Waals surface area (Å²) in [7, 11) is 1.68. The summed E-state index contributed by atoms with van der Waals surface area (Å²) in [5.74, 6) is 1.37. The van der Waals surface area contributed by atoms with Crippen molar-refractivity contribution in [1.82, 2.24) is 0 Å². The fourth-order valence-electron chi connectivity index (χ4n) is 1.41. The van der Waals surface area contributed by atoms with Crippen LogP contribution in [-0.4, -0.2) is 7.11 Å². The van der Waals surface area contributed by atoms with Crippen LogP contribution in [0.4, 0.5) is 5.69 Å². The minimum Gasteiger partial charge on any atom is -0.496 e. The van der Waals surface area contributed by atoms with Gasteiger partial charge in [-0.15, -0.1) is 0 Å². The lowest BCUT2D eigenvalue weighted by atomic mass is 9.97. The molecule has 0 saturated carbocycles. The predicted octanol–water partition coefficient (Wildman–Crippen LogP) is 3.80. The van der Waals surface area contributed by atoms with E-state index in [9.17, 15) is 0 Å². The number of benzene rings is 1. The van der Waals surface area contributed by atoms with E-state index in [2.05, 4.69) is 18.7 Å². The molecule has 0 spiro atoms. The molecule has 1 unspecified atom stereocenters. The molecular weight excluding hydrogens is 174 g/mol. The highest BCUT2D eigenvalue weighted by Gasteiger charge is 2.13. The van der Waals surface area contributed by atoms with Crippen molar-refractivity contribution >= 4 is 5.69 Å². The highest BCUT2D eigenvalue weighted by molar-refractivity contribution is 5.53. The van der Waals surface area contributed by atoms with Crippen molar-refractivity contribution in [1.29, 1.82) is 0 Å². The van der Waals surface area contributed by atoms with Gasteiger partial charge in [0.15, 0.2) is 0 Å². The predicted molar refractivity (Wildman–Crippen MR) is 59.7 cm³/mol. The quantitative estimate of drug-likeness (QED) is 0.706. The van der Waals surface area contributed by atoms with Crippen LogP contribution in [0.3, 0.4) is 0 Å². The van der Waals surface area contributed by atoms with Crippen molar-refractivity contribution < 1.29 is 4.74 Å².